The first-order valence-corrected chi connectivity index (χ1v) is 10.2. The van der Waals surface area contributed by atoms with Crippen LogP contribution in [-0.2, 0) is 16.0 Å². The Hall–Kier alpha value is -1.88. The smallest absolute Gasteiger partial charge is 0.414 e. The number of aliphatic carboxylic acids is 2. The number of carboxylic acids is 2. The Kier molecular flexibility index (Phi) is 16.3. The normalized spacial score (nSPS) is 10.3. The van der Waals surface area contributed by atoms with Crippen LogP contribution in [0.1, 0.15) is 70.3 Å². The number of hydrogen-bond donors (Lipinski definition) is 2. The standard InChI is InChI=1S/C20H35N.C2H2O4/c1-3-4-5-6-7-8-13-18-21(2)19-14-12-17-20-15-10-9-11-16-20;3-1(4)2(5)6/h9-11,15-16H,3-8,12-14,17-19H2,1-2H3;(H,3,4)(H,5,6). The monoisotopic (exact) mass is 379 g/mol. The predicted molar refractivity (Wildman–Crippen MR) is 110 cm³/mol. The van der Waals surface area contributed by atoms with Crippen LogP contribution in [0.2, 0.25) is 0 Å². The van der Waals surface area contributed by atoms with E-state index in [1.807, 2.05) is 0 Å². The van der Waals surface area contributed by atoms with Crippen LogP contribution in [0.4, 0.5) is 0 Å². The lowest BCUT2D eigenvalue weighted by Gasteiger charge is -2.16. The summed E-state index contributed by atoms with van der Waals surface area (Å²) in [6.45, 7) is 4.81. The first-order chi connectivity index (χ1) is 13.0. The zero-order valence-electron chi connectivity index (χ0n) is 17.0. The molecule has 1 aromatic carbocycles. The Labute approximate surface area is 164 Å². The molecule has 154 valence electrons. The minimum atomic E-state index is -1.82. The summed E-state index contributed by atoms with van der Waals surface area (Å²) >= 11 is 0. The van der Waals surface area contributed by atoms with Crippen molar-refractivity contribution >= 4 is 11.9 Å². The van der Waals surface area contributed by atoms with E-state index in [4.69, 9.17) is 19.8 Å². The van der Waals surface area contributed by atoms with Crippen LogP contribution in [0.3, 0.4) is 0 Å². The van der Waals surface area contributed by atoms with E-state index >= 15 is 0 Å². The van der Waals surface area contributed by atoms with Gasteiger partial charge >= 0.3 is 11.9 Å². The first-order valence-electron chi connectivity index (χ1n) is 10.2. The average molecular weight is 380 g/mol. The molecule has 1 aromatic rings. The molecule has 0 atom stereocenters. The van der Waals surface area contributed by atoms with Gasteiger partial charge in [-0.05, 0) is 51.4 Å². The largest absolute Gasteiger partial charge is 0.473 e. The summed E-state index contributed by atoms with van der Waals surface area (Å²) in [4.78, 5) is 20.7. The third kappa shape index (κ3) is 17.3. The highest BCUT2D eigenvalue weighted by molar-refractivity contribution is 6.27. The third-order valence-electron chi connectivity index (χ3n) is 4.42. The molecule has 27 heavy (non-hydrogen) atoms. The maximum absolute atomic E-state index is 9.10. The molecule has 5 nitrogen and oxygen atoms in total. The van der Waals surface area contributed by atoms with Crippen LogP contribution in [0, 0.1) is 0 Å². The molecule has 2 N–H and O–H groups in total. The van der Waals surface area contributed by atoms with Crippen LogP contribution in [0.25, 0.3) is 0 Å². The number of rotatable bonds is 13. The minimum Gasteiger partial charge on any atom is -0.473 e. The second-order valence-electron chi connectivity index (χ2n) is 6.98. The molecule has 0 radical (unpaired) electrons. The Balaban J connectivity index is 0.000000972. The van der Waals surface area contributed by atoms with Crippen molar-refractivity contribution in [1.29, 1.82) is 0 Å². The lowest BCUT2D eigenvalue weighted by atomic mass is 10.1. The van der Waals surface area contributed by atoms with E-state index in [1.165, 1.54) is 82.9 Å². The van der Waals surface area contributed by atoms with Crippen LogP contribution < -0.4 is 0 Å². The topological polar surface area (TPSA) is 77.8 Å². The molecule has 0 heterocycles. The van der Waals surface area contributed by atoms with Crippen LogP contribution in [-0.4, -0.2) is 47.2 Å². The summed E-state index contributed by atoms with van der Waals surface area (Å²) in [5.41, 5.74) is 1.48. The van der Waals surface area contributed by atoms with Gasteiger partial charge in [-0.2, -0.15) is 0 Å². The molecule has 0 aliphatic carbocycles. The van der Waals surface area contributed by atoms with Crippen molar-refractivity contribution in [3.8, 4) is 0 Å². The highest BCUT2D eigenvalue weighted by atomic mass is 16.4. The fraction of sp³-hybridized carbons (Fsp3) is 0.636. The van der Waals surface area contributed by atoms with Gasteiger partial charge < -0.3 is 15.1 Å². The molecular weight excluding hydrogens is 342 g/mol. The first kappa shape index (κ1) is 25.1. The van der Waals surface area contributed by atoms with E-state index in [1.54, 1.807) is 0 Å². The third-order valence-corrected chi connectivity index (χ3v) is 4.42. The van der Waals surface area contributed by atoms with Gasteiger partial charge in [-0.25, -0.2) is 9.59 Å². The molecule has 0 spiro atoms. The van der Waals surface area contributed by atoms with Crippen LogP contribution in [0.15, 0.2) is 30.3 Å². The number of carbonyl (C=O) groups is 2. The van der Waals surface area contributed by atoms with Crippen molar-refractivity contribution in [2.45, 2.75) is 71.1 Å². The second kappa shape index (κ2) is 17.5. The Morgan fingerprint density at radius 1 is 0.778 bits per heavy atom. The highest BCUT2D eigenvalue weighted by Crippen LogP contribution is 2.08. The highest BCUT2D eigenvalue weighted by Gasteiger charge is 2.04. The average Bonchev–Trinajstić information content (AvgIpc) is 2.66. The molecular formula is C22H37NO4. The summed E-state index contributed by atoms with van der Waals surface area (Å²) in [6.07, 6.45) is 13.7. The molecule has 0 saturated heterocycles. The van der Waals surface area contributed by atoms with Gasteiger partial charge in [0.05, 0.1) is 0 Å². The Morgan fingerprint density at radius 2 is 1.26 bits per heavy atom. The SMILES string of the molecule is CCCCCCCCCN(C)CCCCc1ccccc1.O=C(O)C(=O)O. The molecule has 0 fully saturated rings. The molecule has 0 amide bonds. The molecule has 0 bridgehead atoms. The van der Waals surface area contributed by atoms with E-state index in [0.29, 0.717) is 0 Å². The Morgan fingerprint density at radius 3 is 1.78 bits per heavy atom. The summed E-state index contributed by atoms with van der Waals surface area (Å²) in [5, 5.41) is 14.8. The van der Waals surface area contributed by atoms with Gasteiger partial charge in [-0.3, -0.25) is 0 Å². The second-order valence-corrected chi connectivity index (χ2v) is 6.98. The van der Waals surface area contributed by atoms with Gasteiger partial charge in [0.25, 0.3) is 0 Å². The fourth-order valence-electron chi connectivity index (χ4n) is 2.81. The van der Waals surface area contributed by atoms with E-state index in [0.717, 1.165) is 0 Å². The quantitative estimate of drug-likeness (QED) is 0.378. The maximum atomic E-state index is 9.10. The lowest BCUT2D eigenvalue weighted by molar-refractivity contribution is -0.159. The van der Waals surface area contributed by atoms with E-state index in [-0.39, 0.29) is 0 Å². The molecule has 1 rings (SSSR count). The molecule has 5 heteroatoms. The molecule has 0 aliphatic rings. The summed E-state index contributed by atoms with van der Waals surface area (Å²) < 4.78 is 0. The van der Waals surface area contributed by atoms with Crippen molar-refractivity contribution in [1.82, 2.24) is 4.90 Å². The van der Waals surface area contributed by atoms with Crippen molar-refractivity contribution in [2.24, 2.45) is 0 Å². The fourth-order valence-corrected chi connectivity index (χ4v) is 2.81. The summed E-state index contributed by atoms with van der Waals surface area (Å²) in [7, 11) is 2.28. The van der Waals surface area contributed by atoms with E-state index < -0.39 is 11.9 Å². The zero-order valence-corrected chi connectivity index (χ0v) is 17.0. The lowest BCUT2D eigenvalue weighted by Crippen LogP contribution is -2.21. The van der Waals surface area contributed by atoms with Crippen LogP contribution >= 0.6 is 0 Å². The number of unbranched alkanes of at least 4 members (excludes halogenated alkanes) is 7. The predicted octanol–water partition coefficient (Wildman–Crippen LogP) is 4.85. The molecule has 0 aliphatic heterocycles. The number of carboxylic acid groups (broad SMARTS) is 2. The number of benzene rings is 1. The van der Waals surface area contributed by atoms with E-state index in [9.17, 15) is 0 Å². The Bertz CT molecular complexity index is 478. The summed E-state index contributed by atoms with van der Waals surface area (Å²) in [5.74, 6) is -3.65. The summed E-state index contributed by atoms with van der Waals surface area (Å²) in [6, 6.07) is 10.9. The minimum absolute atomic E-state index is 1.23. The number of nitrogens with zero attached hydrogens (tertiary/aromatic N) is 1. The maximum Gasteiger partial charge on any atom is 0.414 e. The van der Waals surface area contributed by atoms with Crippen molar-refractivity contribution in [3.05, 3.63) is 35.9 Å². The van der Waals surface area contributed by atoms with Gasteiger partial charge in [-0.1, -0.05) is 75.8 Å². The van der Waals surface area contributed by atoms with E-state index in [2.05, 4.69) is 49.2 Å². The van der Waals surface area contributed by atoms with Gasteiger partial charge in [0, 0.05) is 0 Å². The zero-order chi connectivity index (χ0) is 20.3. The van der Waals surface area contributed by atoms with Gasteiger partial charge in [0.2, 0.25) is 0 Å². The van der Waals surface area contributed by atoms with Crippen molar-refractivity contribution in [3.63, 3.8) is 0 Å². The molecule has 0 aromatic heterocycles. The van der Waals surface area contributed by atoms with Crippen LogP contribution in [0.5, 0.6) is 0 Å². The van der Waals surface area contributed by atoms with Crippen molar-refractivity contribution in [2.75, 3.05) is 20.1 Å². The van der Waals surface area contributed by atoms with Crippen molar-refractivity contribution < 1.29 is 19.8 Å². The van der Waals surface area contributed by atoms with Gasteiger partial charge in [0.1, 0.15) is 0 Å². The van der Waals surface area contributed by atoms with Gasteiger partial charge in [0.15, 0.2) is 0 Å². The number of aryl methyl sites for hydroxylation is 1. The molecule has 0 saturated carbocycles. The molecule has 0 unspecified atom stereocenters. The van der Waals surface area contributed by atoms with Gasteiger partial charge in [-0.15, -0.1) is 0 Å². The number of hydrogen-bond acceptors (Lipinski definition) is 3.